The molecule has 0 aliphatic carbocycles. The van der Waals surface area contributed by atoms with E-state index < -0.39 is 5.97 Å². The molecule has 2 N–H and O–H groups in total. The maximum absolute atomic E-state index is 12.2. The Kier molecular flexibility index (Phi) is 6.32. The Morgan fingerprint density at radius 2 is 1.89 bits per heavy atom. The van der Waals surface area contributed by atoms with Gasteiger partial charge in [-0.1, -0.05) is 18.2 Å². The Bertz CT molecular complexity index is 778. The number of ether oxygens (including phenoxy) is 3. The molecule has 0 bridgehead atoms. The number of aliphatic hydroxyl groups is 1. The molecular formula is C21H25NO5. The average molecular weight is 371 g/mol. The number of rotatable bonds is 7. The zero-order chi connectivity index (χ0) is 19.2. The van der Waals surface area contributed by atoms with Crippen molar-refractivity contribution < 1.29 is 24.1 Å². The monoisotopic (exact) mass is 371 g/mol. The largest absolute Gasteiger partial charge is 0.493 e. The van der Waals surface area contributed by atoms with Crippen molar-refractivity contribution in [3.05, 3.63) is 59.2 Å². The molecule has 0 saturated heterocycles. The molecule has 144 valence electrons. The van der Waals surface area contributed by atoms with Crippen LogP contribution in [0, 0.1) is 5.92 Å². The molecule has 3 rings (SSSR count). The van der Waals surface area contributed by atoms with Gasteiger partial charge in [-0.2, -0.15) is 0 Å². The first-order valence-corrected chi connectivity index (χ1v) is 8.99. The lowest BCUT2D eigenvalue weighted by Crippen LogP contribution is -2.38. The highest BCUT2D eigenvalue weighted by Gasteiger charge is 2.30. The van der Waals surface area contributed by atoms with Gasteiger partial charge in [0.25, 0.3) is 0 Å². The number of carbonyl (C=O) groups is 1. The molecule has 2 aromatic carbocycles. The van der Waals surface area contributed by atoms with E-state index in [2.05, 4.69) is 5.32 Å². The zero-order valence-corrected chi connectivity index (χ0v) is 15.6. The van der Waals surface area contributed by atoms with Gasteiger partial charge in [0.1, 0.15) is 0 Å². The van der Waals surface area contributed by atoms with Crippen LogP contribution in [0.3, 0.4) is 0 Å². The molecule has 2 atom stereocenters. The normalized spacial score (nSPS) is 16.9. The summed E-state index contributed by atoms with van der Waals surface area (Å²) in [6, 6.07) is 12.6. The van der Waals surface area contributed by atoms with Crippen molar-refractivity contribution in [1.82, 2.24) is 5.32 Å². The zero-order valence-electron chi connectivity index (χ0n) is 15.6. The summed E-state index contributed by atoms with van der Waals surface area (Å²) in [5, 5.41) is 13.4. The smallest absolute Gasteiger partial charge is 0.338 e. The van der Waals surface area contributed by atoms with Gasteiger partial charge in [-0.3, -0.25) is 0 Å². The summed E-state index contributed by atoms with van der Waals surface area (Å²) in [5.41, 5.74) is 2.68. The third-order valence-electron chi connectivity index (χ3n) is 4.88. The molecule has 0 amide bonds. The van der Waals surface area contributed by atoms with Gasteiger partial charge in [0.15, 0.2) is 11.5 Å². The van der Waals surface area contributed by atoms with E-state index in [1.54, 1.807) is 38.5 Å². The quantitative estimate of drug-likeness (QED) is 0.728. The molecule has 1 aliphatic rings. The molecule has 6 nitrogen and oxygen atoms in total. The molecule has 0 unspecified atom stereocenters. The fourth-order valence-electron chi connectivity index (χ4n) is 3.43. The van der Waals surface area contributed by atoms with Gasteiger partial charge in [0.05, 0.1) is 33.0 Å². The van der Waals surface area contributed by atoms with E-state index in [4.69, 9.17) is 14.2 Å². The van der Waals surface area contributed by atoms with Crippen LogP contribution in [0.1, 0.15) is 27.5 Å². The second-order valence-electron chi connectivity index (χ2n) is 6.49. The number of esters is 1. The minimum absolute atomic E-state index is 0.104. The molecule has 0 fully saturated rings. The van der Waals surface area contributed by atoms with Crippen LogP contribution in [0.2, 0.25) is 0 Å². The molecule has 0 radical (unpaired) electrons. The predicted molar refractivity (Wildman–Crippen MR) is 101 cm³/mol. The van der Waals surface area contributed by atoms with Crippen molar-refractivity contribution in [2.75, 3.05) is 34.0 Å². The SMILES string of the molecule is COc1cc2c(cc1OC)[C@@H]([C@@H](CO)COC(=O)c1ccccc1)NCC2. The maximum atomic E-state index is 12.2. The number of fused-ring (bicyclic) bond motifs is 1. The van der Waals surface area contributed by atoms with Gasteiger partial charge >= 0.3 is 5.97 Å². The predicted octanol–water partition coefficient (Wildman–Crippen LogP) is 2.36. The lowest BCUT2D eigenvalue weighted by atomic mass is 9.86. The van der Waals surface area contributed by atoms with Crippen molar-refractivity contribution in [3.8, 4) is 11.5 Å². The summed E-state index contributed by atoms with van der Waals surface area (Å²) in [6.45, 7) is 0.791. The fourth-order valence-corrected chi connectivity index (χ4v) is 3.43. The number of hydrogen-bond donors (Lipinski definition) is 2. The van der Waals surface area contributed by atoms with Crippen molar-refractivity contribution in [2.45, 2.75) is 12.5 Å². The molecule has 2 aromatic rings. The summed E-state index contributed by atoms with van der Waals surface area (Å²) < 4.78 is 16.3. The highest BCUT2D eigenvalue weighted by molar-refractivity contribution is 5.89. The van der Waals surface area contributed by atoms with Crippen molar-refractivity contribution in [1.29, 1.82) is 0 Å². The van der Waals surface area contributed by atoms with E-state index in [1.165, 1.54) is 0 Å². The van der Waals surface area contributed by atoms with E-state index in [0.717, 1.165) is 24.1 Å². The first-order valence-electron chi connectivity index (χ1n) is 8.99. The summed E-state index contributed by atoms with van der Waals surface area (Å²) in [7, 11) is 3.21. The summed E-state index contributed by atoms with van der Waals surface area (Å²) in [6.07, 6.45) is 0.855. The molecule has 0 aromatic heterocycles. The second kappa shape index (κ2) is 8.88. The Labute approximate surface area is 159 Å². The average Bonchev–Trinajstić information content (AvgIpc) is 2.73. The molecule has 27 heavy (non-hydrogen) atoms. The van der Waals surface area contributed by atoms with E-state index in [0.29, 0.717) is 17.1 Å². The molecular weight excluding hydrogens is 346 g/mol. The van der Waals surface area contributed by atoms with Gasteiger partial charge in [0.2, 0.25) is 0 Å². The highest BCUT2D eigenvalue weighted by atomic mass is 16.5. The fraction of sp³-hybridized carbons (Fsp3) is 0.381. The highest BCUT2D eigenvalue weighted by Crippen LogP contribution is 2.37. The third kappa shape index (κ3) is 4.23. The van der Waals surface area contributed by atoms with Gasteiger partial charge in [-0.15, -0.1) is 0 Å². The Morgan fingerprint density at radius 1 is 1.19 bits per heavy atom. The second-order valence-corrected chi connectivity index (χ2v) is 6.49. The summed E-state index contributed by atoms with van der Waals surface area (Å²) in [4.78, 5) is 12.2. The number of benzene rings is 2. The van der Waals surface area contributed by atoms with Crippen LogP contribution < -0.4 is 14.8 Å². The van der Waals surface area contributed by atoms with Crippen LogP contribution in [-0.2, 0) is 11.2 Å². The van der Waals surface area contributed by atoms with Gasteiger partial charge < -0.3 is 24.6 Å². The van der Waals surface area contributed by atoms with Crippen LogP contribution in [0.15, 0.2) is 42.5 Å². The third-order valence-corrected chi connectivity index (χ3v) is 4.88. The van der Waals surface area contributed by atoms with E-state index in [-0.39, 0.29) is 25.2 Å². The van der Waals surface area contributed by atoms with Crippen molar-refractivity contribution in [3.63, 3.8) is 0 Å². The molecule has 1 aliphatic heterocycles. The minimum atomic E-state index is -0.391. The molecule has 1 heterocycles. The van der Waals surface area contributed by atoms with Crippen LogP contribution in [0.4, 0.5) is 0 Å². The topological polar surface area (TPSA) is 77.0 Å². The standard InChI is InChI=1S/C21H25NO5/c1-25-18-10-15-8-9-22-20(17(15)11-19(18)26-2)16(12-23)13-27-21(24)14-6-4-3-5-7-14/h3-7,10-11,16,20,22-23H,8-9,12-13H2,1-2H3/t16-,20+/m0/s1. The van der Waals surface area contributed by atoms with Crippen LogP contribution in [-0.4, -0.2) is 45.1 Å². The molecule has 0 saturated carbocycles. The Hall–Kier alpha value is -2.57. The number of carbonyl (C=O) groups excluding carboxylic acids is 1. The number of aliphatic hydroxyl groups excluding tert-OH is 1. The number of nitrogens with one attached hydrogen (secondary N) is 1. The lowest BCUT2D eigenvalue weighted by molar-refractivity contribution is 0.0333. The molecule has 0 spiro atoms. The summed E-state index contributed by atoms with van der Waals surface area (Å²) in [5.74, 6) is 0.670. The Morgan fingerprint density at radius 3 is 2.56 bits per heavy atom. The number of methoxy groups -OCH3 is 2. The van der Waals surface area contributed by atoms with E-state index in [9.17, 15) is 9.90 Å². The lowest BCUT2D eigenvalue weighted by Gasteiger charge is -2.33. The van der Waals surface area contributed by atoms with Crippen LogP contribution in [0.5, 0.6) is 11.5 Å². The van der Waals surface area contributed by atoms with Crippen LogP contribution >= 0.6 is 0 Å². The summed E-state index contributed by atoms with van der Waals surface area (Å²) >= 11 is 0. The van der Waals surface area contributed by atoms with Gasteiger partial charge in [0, 0.05) is 12.0 Å². The van der Waals surface area contributed by atoms with E-state index in [1.807, 2.05) is 18.2 Å². The minimum Gasteiger partial charge on any atom is -0.493 e. The van der Waals surface area contributed by atoms with Gasteiger partial charge in [-0.05, 0) is 48.4 Å². The van der Waals surface area contributed by atoms with Crippen molar-refractivity contribution >= 4 is 5.97 Å². The van der Waals surface area contributed by atoms with E-state index >= 15 is 0 Å². The maximum Gasteiger partial charge on any atom is 0.338 e. The van der Waals surface area contributed by atoms with Crippen LogP contribution in [0.25, 0.3) is 0 Å². The first-order chi connectivity index (χ1) is 13.2. The molecule has 6 heteroatoms. The number of hydrogen-bond acceptors (Lipinski definition) is 6. The van der Waals surface area contributed by atoms with Crippen molar-refractivity contribution in [2.24, 2.45) is 5.92 Å². The Balaban J connectivity index is 1.77. The first kappa shape index (κ1) is 19.2. The van der Waals surface area contributed by atoms with Gasteiger partial charge in [-0.25, -0.2) is 4.79 Å².